The largest absolute Gasteiger partial charge is 0.433 e. The molecule has 104 valence electrons. The molecule has 3 nitrogen and oxygen atoms in total. The lowest BCUT2D eigenvalue weighted by molar-refractivity contribution is 0.122. The predicted octanol–water partition coefficient (Wildman–Crippen LogP) is 4.64. The number of amides is 1. The molecule has 0 aromatic carbocycles. The second kappa shape index (κ2) is 15.6. The van der Waals surface area contributed by atoms with E-state index in [0.29, 0.717) is 13.1 Å². The van der Waals surface area contributed by atoms with Gasteiger partial charge >= 0.3 is 6.09 Å². The van der Waals surface area contributed by atoms with Crippen LogP contribution >= 0.6 is 11.6 Å². The maximum absolute atomic E-state index is 10.8. The monoisotopic (exact) mass is 265 g/mol. The fraction of sp³-hybridized carbons (Fsp3) is 0.923. The highest BCUT2D eigenvalue weighted by Gasteiger charge is 2.08. The van der Waals surface area contributed by atoms with E-state index in [4.69, 9.17) is 11.6 Å². The predicted molar refractivity (Wildman–Crippen MR) is 74.6 cm³/mol. The third kappa shape index (κ3) is 13.5. The smallest absolute Gasteiger partial charge is 0.410 e. The number of hydrogen-bond acceptors (Lipinski definition) is 2. The maximum atomic E-state index is 10.8. The first-order chi connectivity index (χ1) is 8.17. The summed E-state index contributed by atoms with van der Waals surface area (Å²) in [6, 6.07) is -0.0741. The molecule has 0 aliphatic rings. The topological polar surface area (TPSA) is 29.5 Å². The average molecular weight is 266 g/mol. The molecular formula is C13H28ClNO2. The Kier molecular flexibility index (Phi) is 17.3. The van der Waals surface area contributed by atoms with Gasteiger partial charge in [-0.2, -0.15) is 0 Å². The molecule has 0 saturated carbocycles. The van der Waals surface area contributed by atoms with Crippen molar-refractivity contribution in [3.05, 3.63) is 0 Å². The SMILES string of the molecule is CCCCCCC.CCN(CC)C(=O)OCCl. The zero-order valence-corrected chi connectivity index (χ0v) is 12.6. The van der Waals surface area contributed by atoms with Crippen molar-refractivity contribution in [3.8, 4) is 0 Å². The van der Waals surface area contributed by atoms with Crippen LogP contribution < -0.4 is 0 Å². The van der Waals surface area contributed by atoms with Crippen LogP contribution in [0.1, 0.15) is 59.8 Å². The van der Waals surface area contributed by atoms with E-state index in [-0.39, 0.29) is 12.2 Å². The molecule has 0 saturated heterocycles. The summed E-state index contributed by atoms with van der Waals surface area (Å²) in [5.41, 5.74) is 0. The summed E-state index contributed by atoms with van der Waals surface area (Å²) in [7, 11) is 0. The first-order valence-electron chi connectivity index (χ1n) is 6.65. The summed E-state index contributed by atoms with van der Waals surface area (Å²) in [5, 5.41) is 0. The molecule has 0 aliphatic heterocycles. The molecule has 17 heavy (non-hydrogen) atoms. The Morgan fingerprint density at radius 2 is 1.47 bits per heavy atom. The van der Waals surface area contributed by atoms with E-state index in [9.17, 15) is 4.79 Å². The first-order valence-corrected chi connectivity index (χ1v) is 7.18. The fourth-order valence-corrected chi connectivity index (χ4v) is 1.39. The Hall–Kier alpha value is -0.440. The summed E-state index contributed by atoms with van der Waals surface area (Å²) >= 11 is 5.18. The van der Waals surface area contributed by atoms with Gasteiger partial charge < -0.3 is 9.64 Å². The van der Waals surface area contributed by atoms with Crippen LogP contribution in [0.5, 0.6) is 0 Å². The van der Waals surface area contributed by atoms with Gasteiger partial charge in [0.05, 0.1) is 0 Å². The van der Waals surface area contributed by atoms with Gasteiger partial charge in [-0.05, 0) is 13.8 Å². The van der Waals surface area contributed by atoms with Gasteiger partial charge in [-0.15, -0.1) is 0 Å². The average Bonchev–Trinajstić information content (AvgIpc) is 2.32. The van der Waals surface area contributed by atoms with Gasteiger partial charge in [0.2, 0.25) is 0 Å². The lowest BCUT2D eigenvalue weighted by atomic mass is 10.2. The third-order valence-electron chi connectivity index (χ3n) is 2.41. The van der Waals surface area contributed by atoms with Crippen LogP contribution in [-0.2, 0) is 4.74 Å². The van der Waals surface area contributed by atoms with Crippen LogP contribution in [0.2, 0.25) is 0 Å². The molecule has 0 N–H and O–H groups in total. The lowest BCUT2D eigenvalue weighted by Gasteiger charge is -2.16. The van der Waals surface area contributed by atoms with Crippen LogP contribution in [0.3, 0.4) is 0 Å². The maximum Gasteiger partial charge on any atom is 0.410 e. The van der Waals surface area contributed by atoms with Gasteiger partial charge in [0.1, 0.15) is 0 Å². The molecule has 0 heterocycles. The van der Waals surface area contributed by atoms with Crippen molar-refractivity contribution in [3.63, 3.8) is 0 Å². The van der Waals surface area contributed by atoms with E-state index in [0.717, 1.165) is 0 Å². The Balaban J connectivity index is 0. The number of nitrogens with zero attached hydrogens (tertiary/aromatic N) is 1. The highest BCUT2D eigenvalue weighted by Crippen LogP contribution is 2.00. The van der Waals surface area contributed by atoms with Gasteiger partial charge in [0.25, 0.3) is 0 Å². The molecule has 0 aliphatic carbocycles. The Morgan fingerprint density at radius 1 is 1.00 bits per heavy atom. The number of ether oxygens (including phenoxy) is 1. The van der Waals surface area contributed by atoms with Crippen molar-refractivity contribution >= 4 is 17.7 Å². The molecule has 1 amide bonds. The van der Waals surface area contributed by atoms with Gasteiger partial charge in [-0.1, -0.05) is 57.6 Å². The molecule has 0 bridgehead atoms. The number of carbonyl (C=O) groups is 1. The highest BCUT2D eigenvalue weighted by molar-refractivity contribution is 6.17. The van der Waals surface area contributed by atoms with Gasteiger partial charge in [0, 0.05) is 13.1 Å². The van der Waals surface area contributed by atoms with Crippen LogP contribution in [0.4, 0.5) is 4.79 Å². The van der Waals surface area contributed by atoms with Gasteiger partial charge in [-0.3, -0.25) is 0 Å². The highest BCUT2D eigenvalue weighted by atomic mass is 35.5. The summed E-state index contributed by atoms with van der Waals surface area (Å²) in [5.74, 6) is 0. The summed E-state index contributed by atoms with van der Waals surface area (Å²) in [6.45, 7) is 9.59. The van der Waals surface area contributed by atoms with E-state index in [2.05, 4.69) is 18.6 Å². The minimum atomic E-state index is -0.347. The van der Waals surface area contributed by atoms with Crippen molar-refractivity contribution in [2.45, 2.75) is 59.8 Å². The molecule has 4 heteroatoms. The minimum Gasteiger partial charge on any atom is -0.433 e. The molecule has 0 radical (unpaired) electrons. The lowest BCUT2D eigenvalue weighted by Crippen LogP contribution is -2.30. The quantitative estimate of drug-likeness (QED) is 0.496. The molecule has 0 atom stereocenters. The second-order valence-corrected chi connectivity index (χ2v) is 3.97. The first kappa shape index (κ1) is 18.9. The van der Waals surface area contributed by atoms with E-state index in [1.807, 2.05) is 13.8 Å². The normalized spacial score (nSPS) is 9.24. The van der Waals surface area contributed by atoms with Crippen LogP contribution in [-0.4, -0.2) is 30.1 Å². The van der Waals surface area contributed by atoms with Crippen molar-refractivity contribution < 1.29 is 9.53 Å². The molecule has 0 fully saturated rings. The molecule has 0 rings (SSSR count). The van der Waals surface area contributed by atoms with Crippen molar-refractivity contribution in [2.75, 3.05) is 19.2 Å². The van der Waals surface area contributed by atoms with Crippen LogP contribution in [0.15, 0.2) is 0 Å². The van der Waals surface area contributed by atoms with Crippen molar-refractivity contribution in [1.82, 2.24) is 4.90 Å². The standard InChI is InChI=1S/C7H16.C6H12ClNO2/c1-3-5-7-6-4-2;1-3-8(4-2)6(9)10-5-7/h3-7H2,1-2H3;3-5H2,1-2H3. The van der Waals surface area contributed by atoms with Crippen LogP contribution in [0.25, 0.3) is 0 Å². The molecule has 0 unspecified atom stereocenters. The van der Waals surface area contributed by atoms with E-state index in [1.54, 1.807) is 4.90 Å². The molecular weight excluding hydrogens is 238 g/mol. The van der Waals surface area contributed by atoms with E-state index >= 15 is 0 Å². The third-order valence-corrected chi connectivity index (χ3v) is 2.52. The zero-order chi connectivity index (χ0) is 13.5. The fourth-order valence-electron chi connectivity index (χ4n) is 1.30. The number of alkyl halides is 1. The number of hydrogen-bond donors (Lipinski definition) is 0. The number of rotatable bonds is 7. The Morgan fingerprint density at radius 3 is 1.76 bits per heavy atom. The Labute approximate surface area is 111 Å². The number of carbonyl (C=O) groups excluding carboxylic acids is 1. The minimum absolute atomic E-state index is 0.0741. The number of unbranched alkanes of at least 4 members (excludes halogenated alkanes) is 4. The molecule has 0 spiro atoms. The summed E-state index contributed by atoms with van der Waals surface area (Å²) in [4.78, 5) is 12.4. The Bertz CT molecular complexity index is 157. The zero-order valence-electron chi connectivity index (χ0n) is 11.8. The van der Waals surface area contributed by atoms with E-state index < -0.39 is 0 Å². The van der Waals surface area contributed by atoms with Gasteiger partial charge in [-0.25, -0.2) is 4.79 Å². The van der Waals surface area contributed by atoms with Gasteiger partial charge in [0.15, 0.2) is 6.07 Å². The summed E-state index contributed by atoms with van der Waals surface area (Å²) in [6.07, 6.45) is 6.66. The van der Waals surface area contributed by atoms with E-state index in [1.165, 1.54) is 32.1 Å². The number of halogens is 1. The van der Waals surface area contributed by atoms with Crippen molar-refractivity contribution in [2.24, 2.45) is 0 Å². The summed E-state index contributed by atoms with van der Waals surface area (Å²) < 4.78 is 4.54. The van der Waals surface area contributed by atoms with Crippen molar-refractivity contribution in [1.29, 1.82) is 0 Å². The van der Waals surface area contributed by atoms with Crippen LogP contribution in [0, 0.1) is 0 Å². The molecule has 0 aromatic rings. The second-order valence-electron chi connectivity index (χ2n) is 3.75. The molecule has 0 aromatic heterocycles.